The van der Waals surface area contributed by atoms with Crippen LogP contribution in [-0.4, -0.2) is 19.4 Å². The molecular weight excluding hydrogens is 243 g/mol. The number of alkyl halides is 3. The fourth-order valence-corrected chi connectivity index (χ4v) is 2.52. The fourth-order valence-electron chi connectivity index (χ4n) is 2.52. The maximum Gasteiger partial charge on any atom is 0.411 e. The van der Waals surface area contributed by atoms with E-state index in [4.69, 9.17) is 0 Å². The minimum atomic E-state index is -4.25. The number of rotatable bonds is 5. The molecule has 18 heavy (non-hydrogen) atoms. The molecule has 0 aromatic rings. The molecule has 2 nitrogen and oxygen atoms in total. The van der Waals surface area contributed by atoms with Crippen molar-refractivity contribution in [1.82, 2.24) is 0 Å². The van der Waals surface area contributed by atoms with Gasteiger partial charge in [0, 0.05) is 6.61 Å². The monoisotopic (exact) mass is 263 g/mol. The van der Waals surface area contributed by atoms with Crippen molar-refractivity contribution < 1.29 is 17.9 Å². The number of ether oxygens (including phenoxy) is 1. The van der Waals surface area contributed by atoms with Crippen molar-refractivity contribution in [3.63, 3.8) is 0 Å². The van der Waals surface area contributed by atoms with Crippen LogP contribution in [0.2, 0.25) is 0 Å². The third kappa shape index (κ3) is 5.72. The molecule has 1 saturated carbocycles. The molecular formula is C13H20F3NO. The second-order valence-electron chi connectivity index (χ2n) is 5.08. The highest BCUT2D eigenvalue weighted by atomic mass is 19.4. The van der Waals surface area contributed by atoms with Crippen LogP contribution in [0.1, 0.15) is 51.4 Å². The molecule has 0 spiro atoms. The van der Waals surface area contributed by atoms with Gasteiger partial charge in [0.15, 0.2) is 0 Å². The second-order valence-corrected chi connectivity index (χ2v) is 5.08. The molecule has 0 aliphatic heterocycles. The molecule has 0 atom stereocenters. The van der Waals surface area contributed by atoms with Gasteiger partial charge in [-0.2, -0.15) is 18.4 Å². The summed E-state index contributed by atoms with van der Waals surface area (Å²) in [7, 11) is 0. The Hall–Kier alpha value is -0.760. The lowest BCUT2D eigenvalue weighted by atomic mass is 9.78. The van der Waals surface area contributed by atoms with Crippen molar-refractivity contribution >= 4 is 0 Å². The van der Waals surface area contributed by atoms with Crippen molar-refractivity contribution in [1.29, 1.82) is 5.26 Å². The van der Waals surface area contributed by atoms with Crippen LogP contribution < -0.4 is 0 Å². The second kappa shape index (κ2) is 6.98. The quantitative estimate of drug-likeness (QED) is 0.550. The van der Waals surface area contributed by atoms with Gasteiger partial charge in [-0.3, -0.25) is 0 Å². The Labute approximate surface area is 106 Å². The van der Waals surface area contributed by atoms with Crippen LogP contribution in [0.4, 0.5) is 13.2 Å². The third-order valence-electron chi connectivity index (χ3n) is 3.51. The fraction of sp³-hybridized carbons (Fsp3) is 0.923. The zero-order chi connectivity index (χ0) is 13.5. The lowest BCUT2D eigenvalue weighted by molar-refractivity contribution is -0.174. The molecule has 0 aromatic carbocycles. The van der Waals surface area contributed by atoms with Gasteiger partial charge >= 0.3 is 6.18 Å². The first kappa shape index (κ1) is 15.3. The molecule has 1 rings (SSSR count). The summed E-state index contributed by atoms with van der Waals surface area (Å²) in [6.07, 6.45) is 3.11. The van der Waals surface area contributed by atoms with E-state index in [-0.39, 0.29) is 12.0 Å². The number of halogens is 3. The Balaban J connectivity index is 2.25. The van der Waals surface area contributed by atoms with E-state index in [0.717, 1.165) is 38.5 Å². The highest BCUT2D eigenvalue weighted by Gasteiger charge is 2.31. The maximum absolute atomic E-state index is 11.9. The Morgan fingerprint density at radius 3 is 2.22 bits per heavy atom. The van der Waals surface area contributed by atoms with E-state index < -0.39 is 12.8 Å². The van der Waals surface area contributed by atoms with E-state index in [1.54, 1.807) is 0 Å². The normalized spacial score (nSPS) is 20.1. The van der Waals surface area contributed by atoms with Gasteiger partial charge in [-0.25, -0.2) is 0 Å². The van der Waals surface area contributed by atoms with Gasteiger partial charge < -0.3 is 4.74 Å². The van der Waals surface area contributed by atoms with Gasteiger partial charge in [-0.1, -0.05) is 25.7 Å². The Kier molecular flexibility index (Phi) is 5.94. The number of nitrogens with zero attached hydrogens (tertiary/aromatic N) is 1. The Morgan fingerprint density at radius 1 is 1.11 bits per heavy atom. The molecule has 0 N–H and O–H groups in total. The Morgan fingerprint density at radius 2 is 1.72 bits per heavy atom. The van der Waals surface area contributed by atoms with Gasteiger partial charge in [0.1, 0.15) is 6.61 Å². The molecule has 1 fully saturated rings. The minimum absolute atomic E-state index is 0.0862. The zero-order valence-corrected chi connectivity index (χ0v) is 10.6. The maximum atomic E-state index is 11.9. The summed E-state index contributed by atoms with van der Waals surface area (Å²) in [6.45, 7) is -1.10. The highest BCUT2D eigenvalue weighted by molar-refractivity contribution is 4.99. The molecule has 0 heterocycles. The number of nitriles is 1. The lowest BCUT2D eigenvalue weighted by Crippen LogP contribution is -2.20. The predicted octanol–water partition coefficient (Wildman–Crippen LogP) is 4.21. The molecule has 0 amide bonds. The van der Waals surface area contributed by atoms with E-state index in [0.29, 0.717) is 12.8 Å². The average molecular weight is 263 g/mol. The SMILES string of the molecule is N#CC1(CCCOCC(F)(F)F)CCCCCC1. The van der Waals surface area contributed by atoms with Crippen LogP contribution in [0, 0.1) is 16.7 Å². The topological polar surface area (TPSA) is 33.0 Å². The van der Waals surface area contributed by atoms with E-state index in [9.17, 15) is 18.4 Å². The van der Waals surface area contributed by atoms with E-state index in [2.05, 4.69) is 10.8 Å². The summed E-state index contributed by atoms with van der Waals surface area (Å²) in [6, 6.07) is 2.39. The van der Waals surface area contributed by atoms with E-state index >= 15 is 0 Å². The molecule has 5 heteroatoms. The third-order valence-corrected chi connectivity index (χ3v) is 3.51. The standard InChI is InChI=1S/C13H20F3NO/c14-13(15,16)11-18-9-5-8-12(10-17)6-3-1-2-4-7-12/h1-9,11H2. The summed E-state index contributed by atoms with van der Waals surface area (Å²) in [5.74, 6) is 0. The van der Waals surface area contributed by atoms with Crippen LogP contribution in [0.5, 0.6) is 0 Å². The van der Waals surface area contributed by atoms with Gasteiger partial charge in [0.2, 0.25) is 0 Å². The molecule has 0 unspecified atom stereocenters. The summed E-state index contributed by atoms with van der Waals surface area (Å²) >= 11 is 0. The molecule has 1 aliphatic rings. The van der Waals surface area contributed by atoms with Crippen molar-refractivity contribution in [2.45, 2.75) is 57.5 Å². The first-order chi connectivity index (χ1) is 8.47. The van der Waals surface area contributed by atoms with E-state index in [1.807, 2.05) is 0 Å². The largest absolute Gasteiger partial charge is 0.411 e. The predicted molar refractivity (Wildman–Crippen MR) is 61.9 cm³/mol. The van der Waals surface area contributed by atoms with Crippen molar-refractivity contribution in [3.05, 3.63) is 0 Å². The molecule has 0 radical (unpaired) electrons. The summed E-state index contributed by atoms with van der Waals surface area (Å²) < 4.78 is 40.1. The number of hydrogen-bond acceptors (Lipinski definition) is 2. The molecule has 104 valence electrons. The van der Waals surface area contributed by atoms with Gasteiger partial charge in [0.25, 0.3) is 0 Å². The van der Waals surface area contributed by atoms with Crippen molar-refractivity contribution in [3.8, 4) is 6.07 Å². The summed E-state index contributed by atoms with van der Waals surface area (Å²) in [5.41, 5.74) is -0.321. The van der Waals surface area contributed by atoms with Crippen LogP contribution in [0.25, 0.3) is 0 Å². The van der Waals surface area contributed by atoms with Crippen LogP contribution in [0.3, 0.4) is 0 Å². The van der Waals surface area contributed by atoms with E-state index in [1.165, 1.54) is 0 Å². The zero-order valence-electron chi connectivity index (χ0n) is 10.6. The Bertz CT molecular complexity index is 275. The first-order valence-corrected chi connectivity index (χ1v) is 6.53. The van der Waals surface area contributed by atoms with Crippen LogP contribution >= 0.6 is 0 Å². The first-order valence-electron chi connectivity index (χ1n) is 6.53. The molecule has 1 aliphatic carbocycles. The number of hydrogen-bond donors (Lipinski definition) is 0. The highest BCUT2D eigenvalue weighted by Crippen LogP contribution is 2.38. The molecule has 0 saturated heterocycles. The lowest BCUT2D eigenvalue weighted by Gasteiger charge is -2.24. The van der Waals surface area contributed by atoms with Gasteiger partial charge in [-0.15, -0.1) is 0 Å². The average Bonchev–Trinajstić information content (AvgIpc) is 2.53. The molecule has 0 bridgehead atoms. The van der Waals surface area contributed by atoms with Crippen molar-refractivity contribution in [2.24, 2.45) is 5.41 Å². The van der Waals surface area contributed by atoms with Crippen molar-refractivity contribution in [2.75, 3.05) is 13.2 Å². The molecule has 0 aromatic heterocycles. The minimum Gasteiger partial charge on any atom is -0.372 e. The van der Waals surface area contributed by atoms with Crippen LogP contribution in [-0.2, 0) is 4.74 Å². The van der Waals surface area contributed by atoms with Gasteiger partial charge in [0.05, 0.1) is 11.5 Å². The van der Waals surface area contributed by atoms with Gasteiger partial charge in [-0.05, 0) is 25.7 Å². The summed E-state index contributed by atoms with van der Waals surface area (Å²) in [4.78, 5) is 0. The summed E-state index contributed by atoms with van der Waals surface area (Å²) in [5, 5.41) is 9.28. The van der Waals surface area contributed by atoms with Crippen LogP contribution in [0.15, 0.2) is 0 Å². The smallest absolute Gasteiger partial charge is 0.372 e.